The Morgan fingerprint density at radius 3 is 2.49 bits per heavy atom. The van der Waals surface area contributed by atoms with Crippen molar-refractivity contribution in [1.29, 1.82) is 0 Å². The fraction of sp³-hybridized carbons (Fsp3) is 0.276. The number of methoxy groups -OCH3 is 1. The van der Waals surface area contributed by atoms with Gasteiger partial charge in [-0.1, -0.05) is 35.3 Å². The zero-order valence-corrected chi connectivity index (χ0v) is 24.8. The average Bonchev–Trinajstić information content (AvgIpc) is 3.57. The molecule has 14 heteroatoms. The van der Waals surface area contributed by atoms with Crippen molar-refractivity contribution < 1.29 is 27.8 Å². The molecule has 2 aromatic carbocycles. The molecule has 222 valence electrons. The van der Waals surface area contributed by atoms with Gasteiger partial charge in [0.15, 0.2) is 17.8 Å². The molecular formula is C29H24Cl2F2N6O4. The van der Waals surface area contributed by atoms with Gasteiger partial charge in [0, 0.05) is 33.5 Å². The van der Waals surface area contributed by atoms with Crippen LogP contribution in [0.2, 0.25) is 10.0 Å². The van der Waals surface area contributed by atoms with Gasteiger partial charge < -0.3 is 19.4 Å². The van der Waals surface area contributed by atoms with E-state index in [2.05, 4.69) is 15.3 Å². The van der Waals surface area contributed by atoms with Crippen LogP contribution < -0.4 is 19.7 Å². The molecule has 0 bridgehead atoms. The Kier molecular flexibility index (Phi) is 7.01. The minimum Gasteiger partial charge on any atom is -0.480 e. The Morgan fingerprint density at radius 2 is 1.79 bits per heavy atom. The molecule has 0 aliphatic carbocycles. The average molecular weight is 629 g/mol. The van der Waals surface area contributed by atoms with Crippen LogP contribution in [0, 0.1) is 6.92 Å². The third-order valence-corrected chi connectivity index (χ3v) is 7.85. The van der Waals surface area contributed by atoms with E-state index in [1.165, 1.54) is 18.2 Å². The summed E-state index contributed by atoms with van der Waals surface area (Å²) in [6.07, 6.45) is -1.40. The smallest absolute Gasteiger partial charge is 0.319 e. The van der Waals surface area contributed by atoms with Crippen LogP contribution in [0.1, 0.15) is 47.2 Å². The normalized spacial score (nSPS) is 17.2. The van der Waals surface area contributed by atoms with Crippen molar-refractivity contribution in [3.8, 4) is 23.3 Å². The predicted octanol–water partition coefficient (Wildman–Crippen LogP) is 6.04. The van der Waals surface area contributed by atoms with E-state index in [9.17, 15) is 18.4 Å². The van der Waals surface area contributed by atoms with E-state index in [0.717, 1.165) is 0 Å². The minimum atomic E-state index is -2.72. The van der Waals surface area contributed by atoms with Crippen molar-refractivity contribution in [3.05, 3.63) is 75.2 Å². The second-order valence-electron chi connectivity index (χ2n) is 10.3. The summed E-state index contributed by atoms with van der Waals surface area (Å²) in [6, 6.07) is 9.44. The quantitative estimate of drug-likeness (QED) is 0.265. The maximum atomic E-state index is 14.5. The van der Waals surface area contributed by atoms with Crippen LogP contribution in [0.15, 0.2) is 42.6 Å². The van der Waals surface area contributed by atoms with Crippen LogP contribution in [0.3, 0.4) is 0 Å². The molecule has 43 heavy (non-hydrogen) atoms. The van der Waals surface area contributed by atoms with E-state index in [4.69, 9.17) is 37.7 Å². The molecule has 0 saturated heterocycles. The first-order valence-corrected chi connectivity index (χ1v) is 13.9. The first-order valence-electron chi connectivity index (χ1n) is 13.2. The molecule has 4 aromatic rings. The second-order valence-corrected chi connectivity index (χ2v) is 11.2. The first-order chi connectivity index (χ1) is 20.5. The number of halogens is 4. The van der Waals surface area contributed by atoms with Crippen LogP contribution in [-0.2, 0) is 10.3 Å². The summed E-state index contributed by atoms with van der Waals surface area (Å²) in [5.41, 5.74) is 1.02. The molecule has 0 unspecified atom stereocenters. The molecule has 2 aliphatic rings. The maximum absolute atomic E-state index is 14.5. The van der Waals surface area contributed by atoms with Gasteiger partial charge in [0.25, 0.3) is 18.2 Å². The molecule has 1 N–H and O–H groups in total. The molecule has 6 rings (SSSR count). The second kappa shape index (κ2) is 10.5. The van der Waals surface area contributed by atoms with Gasteiger partial charge in [-0.05, 0) is 50.6 Å². The predicted molar refractivity (Wildman–Crippen MR) is 156 cm³/mol. The Morgan fingerprint density at radius 1 is 1.07 bits per heavy atom. The Hall–Kier alpha value is -4.29. The van der Waals surface area contributed by atoms with Gasteiger partial charge in [-0.2, -0.15) is 4.98 Å². The lowest BCUT2D eigenvalue weighted by Crippen LogP contribution is -2.51. The highest BCUT2D eigenvalue weighted by Crippen LogP contribution is 2.55. The molecular weight excluding hydrogens is 605 g/mol. The summed E-state index contributed by atoms with van der Waals surface area (Å²) in [4.78, 5) is 43.2. The van der Waals surface area contributed by atoms with Crippen molar-refractivity contribution in [2.45, 2.75) is 38.8 Å². The highest BCUT2D eigenvalue weighted by atomic mass is 35.5. The number of benzene rings is 2. The number of anilines is 2. The fourth-order valence-electron chi connectivity index (χ4n) is 5.69. The van der Waals surface area contributed by atoms with Gasteiger partial charge >= 0.3 is 6.01 Å². The first kappa shape index (κ1) is 28.8. The van der Waals surface area contributed by atoms with E-state index in [1.54, 1.807) is 41.0 Å². The monoisotopic (exact) mass is 628 g/mol. The van der Waals surface area contributed by atoms with Gasteiger partial charge in [0.2, 0.25) is 5.88 Å². The standard InChI is InChI=1S/C29H24Cl2F2N6O4/c1-13(2)38-23-22(36-24(38)17-11-34-28(37-25(17)42-4)43-12-21(32)33)26(40)39(20-10-16(31)6-5-14(20)3)29(23)18-8-7-15(30)9-19(18)35-27(29)41/h5-11,13,21H,12H2,1-4H3,(H,35,41)/t29-/m0/s1. The summed E-state index contributed by atoms with van der Waals surface area (Å²) >= 11 is 12.7. The van der Waals surface area contributed by atoms with E-state index < -0.39 is 30.4 Å². The number of hydrogen-bond donors (Lipinski definition) is 1. The van der Waals surface area contributed by atoms with Crippen LogP contribution in [0.25, 0.3) is 11.4 Å². The number of aromatic nitrogens is 4. The highest BCUT2D eigenvalue weighted by Gasteiger charge is 2.64. The largest absolute Gasteiger partial charge is 0.480 e. The molecule has 0 radical (unpaired) electrons. The van der Waals surface area contributed by atoms with Crippen LogP contribution in [-0.4, -0.2) is 51.5 Å². The van der Waals surface area contributed by atoms with E-state index >= 15 is 0 Å². The molecule has 2 aromatic heterocycles. The molecule has 0 saturated carbocycles. The van der Waals surface area contributed by atoms with E-state index in [0.29, 0.717) is 38.2 Å². The Bertz CT molecular complexity index is 1810. The molecule has 2 amide bonds. The number of nitrogens with one attached hydrogen (secondary N) is 1. The zero-order valence-electron chi connectivity index (χ0n) is 23.3. The van der Waals surface area contributed by atoms with E-state index in [1.807, 2.05) is 20.8 Å². The number of carbonyl (C=O) groups is 2. The van der Waals surface area contributed by atoms with Crippen molar-refractivity contribution in [2.24, 2.45) is 0 Å². The number of rotatable bonds is 7. The minimum absolute atomic E-state index is 0.0167. The number of alkyl halides is 2. The number of ether oxygens (including phenoxy) is 2. The third kappa shape index (κ3) is 4.30. The van der Waals surface area contributed by atoms with Crippen LogP contribution in [0.4, 0.5) is 20.2 Å². The van der Waals surface area contributed by atoms with Gasteiger partial charge in [0.05, 0.1) is 24.1 Å². The highest BCUT2D eigenvalue weighted by molar-refractivity contribution is 6.32. The van der Waals surface area contributed by atoms with Gasteiger partial charge in [-0.15, -0.1) is 0 Å². The Labute approximate surface area is 254 Å². The van der Waals surface area contributed by atoms with Crippen LogP contribution >= 0.6 is 23.2 Å². The van der Waals surface area contributed by atoms with E-state index in [-0.39, 0.29) is 35.0 Å². The number of carbonyl (C=O) groups excluding carboxylic acids is 2. The summed E-state index contributed by atoms with van der Waals surface area (Å²) in [5, 5.41) is 3.70. The maximum Gasteiger partial charge on any atom is 0.319 e. The topological polar surface area (TPSA) is 111 Å². The molecule has 1 spiro atoms. The summed E-state index contributed by atoms with van der Waals surface area (Å²) in [6.45, 7) is 4.67. The van der Waals surface area contributed by atoms with Crippen molar-refractivity contribution in [3.63, 3.8) is 0 Å². The molecule has 10 nitrogen and oxygen atoms in total. The fourth-order valence-corrected chi connectivity index (χ4v) is 6.03. The number of nitrogens with zero attached hydrogens (tertiary/aromatic N) is 5. The van der Waals surface area contributed by atoms with Crippen molar-refractivity contribution in [2.75, 3.05) is 23.9 Å². The third-order valence-electron chi connectivity index (χ3n) is 7.38. The number of hydrogen-bond acceptors (Lipinski definition) is 7. The lowest BCUT2D eigenvalue weighted by Gasteiger charge is -2.36. The molecule has 4 heterocycles. The van der Waals surface area contributed by atoms with Gasteiger partial charge in [0.1, 0.15) is 5.82 Å². The summed E-state index contributed by atoms with van der Waals surface area (Å²) in [5.74, 6) is -0.793. The van der Waals surface area contributed by atoms with Gasteiger partial charge in [-0.25, -0.2) is 18.7 Å². The number of amides is 2. The molecule has 2 aliphatic heterocycles. The number of imidazole rings is 1. The molecule has 0 fully saturated rings. The summed E-state index contributed by atoms with van der Waals surface area (Å²) in [7, 11) is 1.35. The summed E-state index contributed by atoms with van der Waals surface area (Å²) < 4.78 is 37.6. The number of aryl methyl sites for hydroxylation is 1. The van der Waals surface area contributed by atoms with Gasteiger partial charge in [-0.3, -0.25) is 14.5 Å². The van der Waals surface area contributed by atoms with Crippen LogP contribution in [0.5, 0.6) is 11.9 Å². The van der Waals surface area contributed by atoms with Crippen molar-refractivity contribution >= 4 is 46.4 Å². The van der Waals surface area contributed by atoms with Crippen molar-refractivity contribution in [1.82, 2.24) is 19.5 Å². The lowest BCUT2D eigenvalue weighted by atomic mass is 9.86. The zero-order chi connectivity index (χ0) is 30.8. The SMILES string of the molecule is COc1nc(OCC(F)F)ncc1-c1nc2c(n1C(C)C)[C@@]1(C(=O)Nc3cc(Cl)ccc31)N(c1cc(Cl)ccc1C)C2=O. The Balaban J connectivity index is 1.65. The number of fused-ring (bicyclic) bond motifs is 4. The molecule has 1 atom stereocenters. The lowest BCUT2D eigenvalue weighted by molar-refractivity contribution is -0.119.